The number of pyridine rings is 1. The Morgan fingerprint density at radius 2 is 2.00 bits per heavy atom. The average Bonchev–Trinajstić information content (AvgIpc) is 3.18. The highest BCUT2D eigenvalue weighted by Crippen LogP contribution is 2.34. The Balaban J connectivity index is 0.00000145. The van der Waals surface area contributed by atoms with E-state index in [9.17, 15) is 0 Å². The second kappa shape index (κ2) is 11.1. The Morgan fingerprint density at radius 3 is 2.66 bits per heavy atom. The first-order chi connectivity index (χ1) is 14.2. The Labute approximate surface area is 177 Å². The van der Waals surface area contributed by atoms with Crippen molar-refractivity contribution in [3.8, 4) is 23.3 Å². The molecule has 29 heavy (non-hydrogen) atoms. The van der Waals surface area contributed by atoms with Gasteiger partial charge in [0.25, 0.3) is 0 Å². The molecule has 0 fully saturated rings. The van der Waals surface area contributed by atoms with Crippen molar-refractivity contribution in [1.82, 2.24) is 9.97 Å². The van der Waals surface area contributed by atoms with E-state index in [2.05, 4.69) is 34.3 Å². The highest BCUT2D eigenvalue weighted by Gasteiger charge is 2.12. The van der Waals surface area contributed by atoms with Crippen molar-refractivity contribution in [1.29, 1.82) is 10.5 Å². The first-order valence-electron chi connectivity index (χ1n) is 9.94. The lowest BCUT2D eigenvalue weighted by molar-refractivity contribution is 0.500. The van der Waals surface area contributed by atoms with Gasteiger partial charge in [0.2, 0.25) is 0 Å². The number of fused-ring (bicyclic) bond motifs is 1. The van der Waals surface area contributed by atoms with Crippen LogP contribution in [0.4, 0.5) is 5.82 Å². The summed E-state index contributed by atoms with van der Waals surface area (Å²) in [6, 6.07) is 11.7. The van der Waals surface area contributed by atoms with Crippen molar-refractivity contribution in [2.75, 3.05) is 11.9 Å². The van der Waals surface area contributed by atoms with Crippen LogP contribution >= 0.6 is 11.6 Å². The average molecular weight is 408 g/mol. The summed E-state index contributed by atoms with van der Waals surface area (Å²) in [6.45, 7) is 6.89. The van der Waals surface area contributed by atoms with Crippen molar-refractivity contribution in [2.45, 2.75) is 40.0 Å². The lowest BCUT2D eigenvalue weighted by atomic mass is 10.0. The highest BCUT2D eigenvalue weighted by molar-refractivity contribution is 6.34. The maximum atomic E-state index is 9.14. The molecule has 0 aliphatic heterocycles. The van der Waals surface area contributed by atoms with Gasteiger partial charge in [-0.1, -0.05) is 38.8 Å². The molecule has 0 aliphatic carbocycles. The van der Waals surface area contributed by atoms with Crippen molar-refractivity contribution in [3.63, 3.8) is 0 Å². The largest absolute Gasteiger partial charge is 0.370 e. The van der Waals surface area contributed by atoms with Crippen LogP contribution < -0.4 is 5.32 Å². The zero-order chi connectivity index (χ0) is 21.2. The van der Waals surface area contributed by atoms with Crippen LogP contribution in [-0.4, -0.2) is 16.5 Å². The minimum Gasteiger partial charge on any atom is -0.370 e. The molecule has 0 saturated carbocycles. The fourth-order valence-corrected chi connectivity index (χ4v) is 3.36. The van der Waals surface area contributed by atoms with E-state index >= 15 is 0 Å². The normalized spacial score (nSPS) is 11.1. The van der Waals surface area contributed by atoms with Gasteiger partial charge in [0, 0.05) is 47.4 Å². The monoisotopic (exact) mass is 407 g/mol. The summed E-state index contributed by atoms with van der Waals surface area (Å²) >= 11 is 6.53. The number of halogens is 1. The van der Waals surface area contributed by atoms with Crippen LogP contribution in [0.3, 0.4) is 0 Å². The van der Waals surface area contributed by atoms with Crippen LogP contribution in [0.15, 0.2) is 36.7 Å². The van der Waals surface area contributed by atoms with Gasteiger partial charge in [-0.25, -0.2) is 4.98 Å². The second-order valence-electron chi connectivity index (χ2n) is 6.48. The van der Waals surface area contributed by atoms with Gasteiger partial charge in [0.1, 0.15) is 5.82 Å². The molecular weight excluding hydrogens is 382 g/mol. The number of H-pyrrole nitrogens is 1. The van der Waals surface area contributed by atoms with Crippen LogP contribution in [0, 0.1) is 28.6 Å². The first kappa shape index (κ1) is 22.3. The van der Waals surface area contributed by atoms with Gasteiger partial charge < -0.3 is 10.3 Å². The van der Waals surface area contributed by atoms with Crippen molar-refractivity contribution in [3.05, 3.63) is 47.2 Å². The van der Waals surface area contributed by atoms with Gasteiger partial charge in [0.15, 0.2) is 0 Å². The van der Waals surface area contributed by atoms with Gasteiger partial charge in [-0.2, -0.15) is 10.5 Å². The fourth-order valence-electron chi connectivity index (χ4n) is 3.11. The number of benzene rings is 1. The van der Waals surface area contributed by atoms with E-state index in [0.717, 1.165) is 47.2 Å². The predicted octanol–water partition coefficient (Wildman–Crippen LogP) is 6.52. The SMILES string of the molecule is CC.CCC(CCC#N)CNc1cc(Cl)c(-c2c[nH]c3ccc(C#N)cc23)cn1. The topological polar surface area (TPSA) is 88.3 Å². The number of nitriles is 2. The van der Waals surface area contributed by atoms with E-state index in [1.807, 2.05) is 38.2 Å². The lowest BCUT2D eigenvalue weighted by Gasteiger charge is -2.15. The molecule has 5 nitrogen and oxygen atoms in total. The van der Waals surface area contributed by atoms with Crippen molar-refractivity contribution < 1.29 is 0 Å². The number of nitrogens with one attached hydrogen (secondary N) is 2. The molecule has 2 N–H and O–H groups in total. The van der Waals surface area contributed by atoms with Crippen molar-refractivity contribution in [2.24, 2.45) is 5.92 Å². The number of aromatic amines is 1. The summed E-state index contributed by atoms with van der Waals surface area (Å²) < 4.78 is 0. The van der Waals surface area contributed by atoms with Crippen LogP contribution in [0.25, 0.3) is 22.0 Å². The minimum atomic E-state index is 0.433. The molecule has 3 rings (SSSR count). The molecule has 3 aromatic rings. The quantitative estimate of drug-likeness (QED) is 0.466. The van der Waals surface area contributed by atoms with Crippen LogP contribution in [0.2, 0.25) is 5.02 Å². The molecule has 1 unspecified atom stereocenters. The molecule has 2 heterocycles. The molecule has 0 spiro atoms. The zero-order valence-electron chi connectivity index (χ0n) is 17.1. The minimum absolute atomic E-state index is 0.433. The summed E-state index contributed by atoms with van der Waals surface area (Å²) in [7, 11) is 0. The third kappa shape index (κ3) is 5.50. The molecule has 0 bridgehead atoms. The Morgan fingerprint density at radius 1 is 1.21 bits per heavy atom. The molecule has 150 valence electrons. The van der Waals surface area contributed by atoms with E-state index in [4.69, 9.17) is 22.1 Å². The van der Waals surface area contributed by atoms with Gasteiger partial charge in [-0.15, -0.1) is 0 Å². The summed E-state index contributed by atoms with van der Waals surface area (Å²) in [4.78, 5) is 7.70. The highest BCUT2D eigenvalue weighted by atomic mass is 35.5. The summed E-state index contributed by atoms with van der Waals surface area (Å²) in [6.07, 6.45) is 6.09. The van der Waals surface area contributed by atoms with E-state index in [1.165, 1.54) is 0 Å². The van der Waals surface area contributed by atoms with Crippen LogP contribution in [-0.2, 0) is 0 Å². The smallest absolute Gasteiger partial charge is 0.127 e. The summed E-state index contributed by atoms with van der Waals surface area (Å²) in [5.74, 6) is 1.15. The standard InChI is InChI=1S/C21H20ClN5.C2H6/c1-2-14(4-3-7-23)11-26-21-9-19(22)18(13-27-21)17-12-25-20-6-5-15(10-24)8-16(17)20;1-2/h5-6,8-9,12-14,25H,2-4,11H2,1H3,(H,26,27);1-2H3. The van der Waals surface area contributed by atoms with E-state index in [1.54, 1.807) is 12.3 Å². The molecule has 1 atom stereocenters. The third-order valence-corrected chi connectivity index (χ3v) is 5.08. The summed E-state index contributed by atoms with van der Waals surface area (Å²) in [5.41, 5.74) is 3.30. The first-order valence-corrected chi connectivity index (χ1v) is 10.3. The molecule has 2 aromatic heterocycles. The van der Waals surface area contributed by atoms with Gasteiger partial charge in [0.05, 0.1) is 22.7 Å². The number of rotatable bonds is 7. The Hall–Kier alpha value is -3.02. The number of nitrogens with zero attached hydrogens (tertiary/aromatic N) is 3. The zero-order valence-corrected chi connectivity index (χ0v) is 17.8. The number of hydrogen-bond acceptors (Lipinski definition) is 4. The van der Waals surface area contributed by atoms with Crippen LogP contribution in [0.1, 0.15) is 45.6 Å². The Kier molecular flexibility index (Phi) is 8.52. The maximum absolute atomic E-state index is 9.14. The molecule has 6 heteroatoms. The predicted molar refractivity (Wildman–Crippen MR) is 120 cm³/mol. The molecule has 0 amide bonds. The maximum Gasteiger partial charge on any atom is 0.127 e. The number of aromatic nitrogens is 2. The molecule has 0 radical (unpaired) electrons. The molecule has 1 aromatic carbocycles. The second-order valence-corrected chi connectivity index (χ2v) is 6.88. The Bertz CT molecular complexity index is 1030. The van der Waals surface area contributed by atoms with E-state index in [-0.39, 0.29) is 0 Å². The van der Waals surface area contributed by atoms with E-state index < -0.39 is 0 Å². The van der Waals surface area contributed by atoms with Gasteiger partial charge >= 0.3 is 0 Å². The van der Waals surface area contributed by atoms with Crippen LogP contribution in [0.5, 0.6) is 0 Å². The lowest BCUT2D eigenvalue weighted by Crippen LogP contribution is -2.14. The fraction of sp³-hybridized carbons (Fsp3) is 0.348. The van der Waals surface area contributed by atoms with Gasteiger partial charge in [-0.3, -0.25) is 0 Å². The summed E-state index contributed by atoms with van der Waals surface area (Å²) in [5, 5.41) is 22.7. The number of anilines is 1. The molecule has 0 saturated heterocycles. The van der Waals surface area contributed by atoms with Crippen molar-refractivity contribution >= 4 is 28.3 Å². The van der Waals surface area contributed by atoms with Gasteiger partial charge in [-0.05, 0) is 36.6 Å². The van der Waals surface area contributed by atoms with E-state index in [0.29, 0.717) is 22.9 Å². The third-order valence-electron chi connectivity index (χ3n) is 4.77. The number of hydrogen-bond donors (Lipinski definition) is 2. The molecular formula is C23H26ClN5. The molecule has 0 aliphatic rings.